The van der Waals surface area contributed by atoms with Gasteiger partial charge in [-0.05, 0) is 103 Å². The van der Waals surface area contributed by atoms with Gasteiger partial charge in [-0.3, -0.25) is 9.79 Å². The lowest BCUT2D eigenvalue weighted by molar-refractivity contribution is -0.316. The van der Waals surface area contributed by atoms with E-state index in [4.69, 9.17) is 24.7 Å². The van der Waals surface area contributed by atoms with Crippen LogP contribution in [-0.4, -0.2) is 125 Å². The van der Waals surface area contributed by atoms with E-state index >= 15 is 0 Å². The summed E-state index contributed by atoms with van der Waals surface area (Å²) in [5.41, 5.74) is 9.13. The first-order valence-electron chi connectivity index (χ1n) is 22.0. The van der Waals surface area contributed by atoms with Gasteiger partial charge in [-0.2, -0.15) is 0 Å². The van der Waals surface area contributed by atoms with E-state index in [1.165, 1.54) is 70.0 Å². The van der Waals surface area contributed by atoms with Gasteiger partial charge < -0.3 is 60.8 Å². The van der Waals surface area contributed by atoms with Crippen LogP contribution in [0.1, 0.15) is 47.9 Å². The molecule has 17 heteroatoms. The molecule has 15 nitrogen and oxygen atoms in total. The van der Waals surface area contributed by atoms with Gasteiger partial charge in [-0.25, -0.2) is 4.79 Å². The van der Waals surface area contributed by atoms with Crippen molar-refractivity contribution in [1.82, 2.24) is 10.6 Å². The molecule has 4 aliphatic heterocycles. The molecular formula is C49H56N4O11S2. The SMILES string of the molecule is CNCC[C@@H]1C=C/C(=C\C[C@H](C)[C@@H]2CNC[C@]3(O)[C@H](Oc4ccc5c(c4)OC(C(N)=O)C(c4ccc(O)cc4)=C5O)O[C@H](C(=O)O)[C@@H](O)[C@@H]3OCSSC[C@@H]2C2=CCN=C2)c2ccccc21. The number of aliphatic imine (C=N–C) groups is 1. The standard InChI is InChI=1S/C49H56N4O11S2/c1-27(7-8-28-9-10-29(17-19-51-2)35-6-4-3-5-34(28)35)37-23-53-25-49(60)45(61-26-66-65-24-38(37)31-18-20-52-22-31)42(56)44(47(58)59)64-48(49)62-33-15-16-36-39(21-33)63-43(46(50)57)40(41(36)55)30-11-13-32(54)14-12-30/h3-6,8-16,18,21-22,27,29,37-38,42-45,48,51,53-56,60H,7,17,19-20,23-26H2,1-2H3,(H2,50,57)(H,58,59)/b28-8+/t27-,29-,37-,38+,42+,43?,44-,45-,48+,49+/m0/s1. The summed E-state index contributed by atoms with van der Waals surface area (Å²) in [6, 6.07) is 18.7. The molecule has 8 rings (SSSR count). The molecule has 350 valence electrons. The number of hydrogen-bond acceptors (Lipinski definition) is 15. The van der Waals surface area contributed by atoms with Gasteiger partial charge >= 0.3 is 5.97 Å². The molecule has 4 heterocycles. The second-order valence-corrected chi connectivity index (χ2v) is 19.7. The zero-order chi connectivity index (χ0) is 46.5. The van der Waals surface area contributed by atoms with Crippen LogP contribution in [0.4, 0.5) is 0 Å². The average Bonchev–Trinajstić information content (AvgIpc) is 3.84. The first-order chi connectivity index (χ1) is 31.9. The molecule has 2 fully saturated rings. The largest absolute Gasteiger partial charge is 0.508 e. The predicted molar refractivity (Wildman–Crippen MR) is 255 cm³/mol. The monoisotopic (exact) mass is 940 g/mol. The Hall–Kier alpha value is -5.11. The molecule has 0 saturated carbocycles. The van der Waals surface area contributed by atoms with Crippen molar-refractivity contribution in [3.63, 3.8) is 0 Å². The number of rotatable bonds is 12. The Morgan fingerprint density at radius 1 is 1.11 bits per heavy atom. The summed E-state index contributed by atoms with van der Waals surface area (Å²) in [6.45, 7) is 3.94. The number of primary amides is 1. The fourth-order valence-electron chi connectivity index (χ4n) is 9.49. The highest BCUT2D eigenvalue weighted by molar-refractivity contribution is 8.76. The lowest BCUT2D eigenvalue weighted by Gasteiger charge is -2.49. The lowest BCUT2D eigenvalue weighted by atomic mass is 9.77. The Labute approximate surface area is 391 Å². The zero-order valence-electron chi connectivity index (χ0n) is 36.6. The molecule has 3 aromatic carbocycles. The molecule has 0 radical (unpaired) electrons. The molecule has 5 aliphatic rings. The van der Waals surface area contributed by atoms with Crippen LogP contribution in [0.25, 0.3) is 16.9 Å². The molecule has 3 aromatic rings. The predicted octanol–water partition coefficient (Wildman–Crippen LogP) is 5.29. The van der Waals surface area contributed by atoms with Gasteiger partial charge in [-0.15, -0.1) is 0 Å². The van der Waals surface area contributed by atoms with Crippen molar-refractivity contribution < 1.29 is 54.1 Å². The topological polar surface area (TPSA) is 235 Å². The number of nitrogens with one attached hydrogen (secondary N) is 2. The number of hydrogen-bond donors (Lipinski definition) is 8. The number of nitrogens with two attached hydrogens (primary N) is 1. The number of fused-ring (bicyclic) bond motifs is 3. The second-order valence-electron chi connectivity index (χ2n) is 17.2. The number of benzene rings is 3. The molecule has 0 spiro atoms. The maximum absolute atomic E-state index is 12.8. The van der Waals surface area contributed by atoms with E-state index < -0.39 is 48.2 Å². The third-order valence-corrected chi connectivity index (χ3v) is 15.1. The molecule has 10 atom stereocenters. The number of nitrogens with zero attached hydrogens (tertiary/aromatic N) is 1. The molecule has 9 N–H and O–H groups in total. The van der Waals surface area contributed by atoms with Crippen molar-refractivity contribution >= 4 is 56.6 Å². The maximum atomic E-state index is 12.8. The van der Waals surface area contributed by atoms with E-state index in [0.717, 1.165) is 30.7 Å². The van der Waals surface area contributed by atoms with Crippen molar-refractivity contribution in [3.8, 4) is 17.2 Å². The lowest BCUT2D eigenvalue weighted by Crippen LogP contribution is -2.72. The maximum Gasteiger partial charge on any atom is 0.335 e. The minimum Gasteiger partial charge on any atom is -0.508 e. The highest BCUT2D eigenvalue weighted by atomic mass is 33.1. The van der Waals surface area contributed by atoms with Crippen LogP contribution < -0.4 is 25.8 Å². The summed E-state index contributed by atoms with van der Waals surface area (Å²) in [6.07, 6.45) is 4.46. The second kappa shape index (κ2) is 20.8. The fraction of sp³-hybridized carbons (Fsp3) is 0.408. The van der Waals surface area contributed by atoms with Gasteiger partial charge in [0.25, 0.3) is 5.91 Å². The Kier molecular flexibility index (Phi) is 14.9. The highest BCUT2D eigenvalue weighted by Gasteiger charge is 2.59. The van der Waals surface area contributed by atoms with Crippen molar-refractivity contribution in [1.29, 1.82) is 0 Å². The van der Waals surface area contributed by atoms with Crippen LogP contribution >= 0.6 is 21.6 Å². The minimum atomic E-state index is -2.17. The number of aliphatic hydroxyl groups is 3. The van der Waals surface area contributed by atoms with Gasteiger partial charge in [0.15, 0.2) is 11.7 Å². The number of carbonyl (C=O) groups excluding carboxylic acids is 1. The zero-order valence-corrected chi connectivity index (χ0v) is 38.3. The van der Waals surface area contributed by atoms with Crippen LogP contribution in [0.5, 0.6) is 17.2 Å². The Bertz CT molecular complexity index is 2430. The van der Waals surface area contributed by atoms with Gasteiger partial charge in [0, 0.05) is 30.5 Å². The first kappa shape index (κ1) is 47.4. The van der Waals surface area contributed by atoms with E-state index in [1.54, 1.807) is 10.8 Å². The Morgan fingerprint density at radius 3 is 2.65 bits per heavy atom. The molecule has 0 aromatic heterocycles. The molecule has 0 bridgehead atoms. The van der Waals surface area contributed by atoms with Crippen LogP contribution in [0.3, 0.4) is 0 Å². The number of phenols is 1. The number of allylic oxidation sites excluding steroid dienone is 5. The normalized spacial score (nSPS) is 29.9. The number of amides is 1. The van der Waals surface area contributed by atoms with E-state index in [1.807, 2.05) is 13.3 Å². The third-order valence-electron chi connectivity index (χ3n) is 13.0. The molecule has 1 aliphatic carbocycles. The average molecular weight is 941 g/mol. The number of carboxylic acid groups (broad SMARTS) is 1. The number of aromatic hydroxyl groups is 1. The van der Waals surface area contributed by atoms with E-state index in [2.05, 4.69) is 71.1 Å². The summed E-state index contributed by atoms with van der Waals surface area (Å²) in [5.74, 6) is -1.36. The number of phenolic OH excluding ortho intramolecular Hbond substituents is 1. The summed E-state index contributed by atoms with van der Waals surface area (Å²) in [7, 11) is 4.97. The number of β-amino-alcohol motifs (C(OH)–C–C–N with tert-alkyl or cyclic N) is 1. The van der Waals surface area contributed by atoms with Gasteiger partial charge in [0.05, 0.1) is 17.7 Å². The van der Waals surface area contributed by atoms with Gasteiger partial charge in [0.1, 0.15) is 41.2 Å². The van der Waals surface area contributed by atoms with Crippen molar-refractivity contribution in [2.24, 2.45) is 28.5 Å². The number of carboxylic acids is 1. The number of aliphatic carboxylic acids is 1. The first-order valence-corrected chi connectivity index (χ1v) is 24.5. The molecular weight excluding hydrogens is 885 g/mol. The molecule has 66 heavy (non-hydrogen) atoms. The highest BCUT2D eigenvalue weighted by Crippen LogP contribution is 2.44. The van der Waals surface area contributed by atoms with Gasteiger partial charge in [-0.1, -0.05) is 89.2 Å². The molecule has 1 amide bonds. The van der Waals surface area contributed by atoms with E-state index in [0.29, 0.717) is 24.6 Å². The summed E-state index contributed by atoms with van der Waals surface area (Å²) >= 11 is 0. The number of aliphatic hydroxyl groups excluding tert-OH is 2. The van der Waals surface area contributed by atoms with Crippen LogP contribution in [-0.2, 0) is 19.1 Å². The Balaban J connectivity index is 1.08. The Morgan fingerprint density at radius 2 is 1.91 bits per heavy atom. The van der Waals surface area contributed by atoms with Crippen LogP contribution in [0.15, 0.2) is 102 Å². The smallest absolute Gasteiger partial charge is 0.335 e. The fourth-order valence-corrected chi connectivity index (χ4v) is 11.5. The third kappa shape index (κ3) is 9.94. The number of carbonyl (C=O) groups is 2. The minimum absolute atomic E-state index is 0.00282. The summed E-state index contributed by atoms with van der Waals surface area (Å²) in [4.78, 5) is 29.8. The van der Waals surface area contributed by atoms with Crippen LogP contribution in [0, 0.1) is 17.8 Å². The molecule has 2 saturated heterocycles. The van der Waals surface area contributed by atoms with Crippen molar-refractivity contribution in [2.45, 2.75) is 62.0 Å². The summed E-state index contributed by atoms with van der Waals surface area (Å²) in [5, 5.41) is 62.5. The van der Waals surface area contributed by atoms with Crippen molar-refractivity contribution in [2.75, 3.05) is 44.9 Å². The quantitative estimate of drug-likeness (QED) is 0.108. The summed E-state index contributed by atoms with van der Waals surface area (Å²) < 4.78 is 24.4. The van der Waals surface area contributed by atoms with E-state index in [9.17, 15) is 35.1 Å². The van der Waals surface area contributed by atoms with Crippen molar-refractivity contribution in [3.05, 3.63) is 119 Å². The van der Waals surface area contributed by atoms with E-state index in [-0.39, 0.29) is 64.4 Å². The number of ether oxygens (including phenoxy) is 4. The molecule has 1 unspecified atom stereocenters. The van der Waals surface area contributed by atoms with Crippen LogP contribution in [0.2, 0.25) is 0 Å². The van der Waals surface area contributed by atoms with Gasteiger partial charge in [0.2, 0.25) is 12.4 Å².